The molecule has 15 heteroatoms. The fourth-order valence-electron chi connectivity index (χ4n) is 3.75. The van der Waals surface area contributed by atoms with Crippen LogP contribution >= 0.6 is 0 Å². The number of alkyl halides is 3. The zero-order chi connectivity index (χ0) is 28.6. The third-order valence-corrected chi connectivity index (χ3v) is 9.14. The number of halogens is 5. The number of hydrogen-bond acceptors (Lipinski definition) is 7. The lowest BCUT2D eigenvalue weighted by Crippen LogP contribution is -2.49. The van der Waals surface area contributed by atoms with Gasteiger partial charge in [0, 0.05) is 32.4 Å². The molecule has 3 rings (SSSR count). The molecule has 0 radical (unpaired) electrons. The Labute approximate surface area is 216 Å². The molecule has 0 bridgehead atoms. The summed E-state index contributed by atoms with van der Waals surface area (Å²) in [4.78, 5) is 14.7. The number of nitrogens with zero attached hydrogens (tertiary/aromatic N) is 2. The van der Waals surface area contributed by atoms with Crippen molar-refractivity contribution in [2.45, 2.75) is 35.1 Å². The van der Waals surface area contributed by atoms with Crippen LogP contribution in [0.1, 0.15) is 24.2 Å². The van der Waals surface area contributed by atoms with Gasteiger partial charge in [0.2, 0.25) is 0 Å². The predicted molar refractivity (Wildman–Crippen MR) is 128 cm³/mol. The van der Waals surface area contributed by atoms with Gasteiger partial charge in [0.1, 0.15) is 10.6 Å². The summed E-state index contributed by atoms with van der Waals surface area (Å²) >= 11 is 0. The highest BCUT2D eigenvalue weighted by atomic mass is 32.2. The standard InChI is InChI=1S/C23H25F5N2O6S2/c1-14(2)38(34,35)19-7-5-17(20(24)21(19)25)29-8-10-30(11-9-29)22(31)16-12-15(37(3,32)33)4-6-18(16)36-13-23(26,27)28/h4-7,12,14H,8-11,13H2,1-3H3. The zero-order valence-corrected chi connectivity index (χ0v) is 22.2. The van der Waals surface area contributed by atoms with Gasteiger partial charge in [-0.15, -0.1) is 0 Å². The molecule has 2 aromatic rings. The van der Waals surface area contributed by atoms with Crippen molar-refractivity contribution < 1.29 is 48.3 Å². The van der Waals surface area contributed by atoms with Crippen LogP contribution in [-0.4, -0.2) is 78.1 Å². The van der Waals surface area contributed by atoms with E-state index in [9.17, 15) is 43.6 Å². The largest absolute Gasteiger partial charge is 0.483 e. The Hall–Kier alpha value is -2.94. The number of hydrogen-bond donors (Lipinski definition) is 0. The van der Waals surface area contributed by atoms with Crippen molar-refractivity contribution in [2.24, 2.45) is 0 Å². The highest BCUT2D eigenvalue weighted by Crippen LogP contribution is 2.31. The molecule has 1 saturated heterocycles. The van der Waals surface area contributed by atoms with Gasteiger partial charge in [-0.2, -0.15) is 13.2 Å². The maximum absolute atomic E-state index is 14.8. The van der Waals surface area contributed by atoms with Gasteiger partial charge < -0.3 is 14.5 Å². The second-order valence-electron chi connectivity index (χ2n) is 8.92. The molecule has 1 amide bonds. The van der Waals surface area contributed by atoms with E-state index in [2.05, 4.69) is 0 Å². The first-order valence-electron chi connectivity index (χ1n) is 11.2. The first-order valence-corrected chi connectivity index (χ1v) is 14.7. The highest BCUT2D eigenvalue weighted by molar-refractivity contribution is 7.92. The minimum Gasteiger partial charge on any atom is -0.483 e. The van der Waals surface area contributed by atoms with Gasteiger partial charge in [0.05, 0.1) is 21.4 Å². The molecule has 0 spiro atoms. The van der Waals surface area contributed by atoms with Crippen LogP contribution in [-0.2, 0) is 19.7 Å². The number of amides is 1. The molecule has 210 valence electrons. The average Bonchev–Trinajstić information content (AvgIpc) is 2.82. The SMILES string of the molecule is CC(C)S(=O)(=O)c1ccc(N2CCN(C(=O)c3cc(S(C)(=O)=O)ccc3OCC(F)(F)F)CC2)c(F)c1F. The van der Waals surface area contributed by atoms with E-state index < -0.39 is 71.5 Å². The van der Waals surface area contributed by atoms with E-state index in [4.69, 9.17) is 4.74 Å². The monoisotopic (exact) mass is 584 g/mol. The van der Waals surface area contributed by atoms with Gasteiger partial charge in [-0.3, -0.25) is 4.79 Å². The summed E-state index contributed by atoms with van der Waals surface area (Å²) in [5.74, 6) is -4.15. The summed E-state index contributed by atoms with van der Waals surface area (Å²) in [5, 5.41) is -0.969. The van der Waals surface area contributed by atoms with Crippen LogP contribution < -0.4 is 9.64 Å². The lowest BCUT2D eigenvalue weighted by molar-refractivity contribution is -0.153. The number of carbonyl (C=O) groups excluding carboxylic acids is 1. The van der Waals surface area contributed by atoms with Gasteiger partial charge in [-0.05, 0) is 44.2 Å². The maximum Gasteiger partial charge on any atom is 0.422 e. The van der Waals surface area contributed by atoms with Crippen LogP contribution in [0.2, 0.25) is 0 Å². The average molecular weight is 585 g/mol. The molecule has 1 fully saturated rings. The van der Waals surface area contributed by atoms with Gasteiger partial charge >= 0.3 is 6.18 Å². The number of sulfone groups is 2. The third-order valence-electron chi connectivity index (χ3n) is 5.86. The molecule has 2 aromatic carbocycles. The van der Waals surface area contributed by atoms with Crippen molar-refractivity contribution in [3.8, 4) is 5.75 Å². The van der Waals surface area contributed by atoms with Crippen molar-refractivity contribution in [2.75, 3.05) is 43.9 Å². The first-order chi connectivity index (χ1) is 17.4. The fourth-order valence-corrected chi connectivity index (χ4v) is 5.50. The summed E-state index contributed by atoms with van der Waals surface area (Å²) in [6, 6.07) is 5.02. The van der Waals surface area contributed by atoms with Crippen LogP contribution in [0.3, 0.4) is 0 Å². The van der Waals surface area contributed by atoms with E-state index in [0.29, 0.717) is 0 Å². The normalized spacial score (nSPS) is 15.2. The van der Waals surface area contributed by atoms with Crippen LogP contribution in [0.25, 0.3) is 0 Å². The van der Waals surface area contributed by atoms with Gasteiger partial charge in [-0.25, -0.2) is 25.6 Å². The van der Waals surface area contributed by atoms with E-state index in [1.54, 1.807) is 0 Å². The molecular formula is C23H25F5N2O6S2. The van der Waals surface area contributed by atoms with Gasteiger partial charge in [-0.1, -0.05) is 0 Å². The van der Waals surface area contributed by atoms with Crippen LogP contribution in [0.5, 0.6) is 5.75 Å². The maximum atomic E-state index is 14.8. The third kappa shape index (κ3) is 6.37. The molecule has 0 atom stereocenters. The number of anilines is 1. The Bertz CT molecular complexity index is 1430. The minimum absolute atomic E-state index is 0.0249. The Balaban J connectivity index is 1.83. The van der Waals surface area contributed by atoms with E-state index in [1.165, 1.54) is 23.6 Å². The van der Waals surface area contributed by atoms with E-state index in [1.807, 2.05) is 0 Å². The fraction of sp³-hybridized carbons (Fsp3) is 0.435. The molecule has 0 saturated carbocycles. The van der Waals surface area contributed by atoms with Crippen molar-refractivity contribution in [3.63, 3.8) is 0 Å². The second-order valence-corrected chi connectivity index (χ2v) is 13.4. The molecule has 0 aliphatic carbocycles. The quantitative estimate of drug-likeness (QED) is 0.460. The lowest BCUT2D eigenvalue weighted by atomic mass is 10.1. The van der Waals surface area contributed by atoms with Crippen molar-refractivity contribution in [1.82, 2.24) is 4.90 Å². The first kappa shape index (κ1) is 29.6. The lowest BCUT2D eigenvalue weighted by Gasteiger charge is -2.36. The molecule has 1 aliphatic rings. The molecule has 8 nitrogen and oxygen atoms in total. The minimum atomic E-state index is -4.70. The molecule has 0 N–H and O–H groups in total. The molecule has 0 unspecified atom stereocenters. The zero-order valence-electron chi connectivity index (χ0n) is 20.5. The van der Waals surface area contributed by atoms with E-state index >= 15 is 0 Å². The second kappa shape index (κ2) is 10.7. The summed E-state index contributed by atoms with van der Waals surface area (Å²) in [5.41, 5.74) is -0.614. The number of ether oxygens (including phenoxy) is 1. The molecular weight excluding hydrogens is 559 g/mol. The Kier molecular flexibility index (Phi) is 8.32. The molecule has 1 aliphatic heterocycles. The summed E-state index contributed by atoms with van der Waals surface area (Å²) < 4.78 is 121. The Morgan fingerprint density at radius 2 is 1.58 bits per heavy atom. The Morgan fingerprint density at radius 3 is 2.11 bits per heavy atom. The van der Waals surface area contributed by atoms with Crippen molar-refractivity contribution >= 4 is 31.3 Å². The van der Waals surface area contributed by atoms with Crippen LogP contribution in [0.4, 0.5) is 27.6 Å². The van der Waals surface area contributed by atoms with Crippen molar-refractivity contribution in [1.29, 1.82) is 0 Å². The van der Waals surface area contributed by atoms with Crippen LogP contribution in [0, 0.1) is 11.6 Å². The molecule has 38 heavy (non-hydrogen) atoms. The topological polar surface area (TPSA) is 101 Å². The Morgan fingerprint density at radius 1 is 0.974 bits per heavy atom. The summed E-state index contributed by atoms with van der Waals surface area (Å²) in [7, 11) is -7.87. The summed E-state index contributed by atoms with van der Waals surface area (Å²) in [6.45, 7) is 0.768. The smallest absolute Gasteiger partial charge is 0.422 e. The summed E-state index contributed by atoms with van der Waals surface area (Å²) in [6.07, 6.45) is -3.83. The molecule has 0 aromatic heterocycles. The van der Waals surface area contributed by atoms with Crippen molar-refractivity contribution in [3.05, 3.63) is 47.5 Å². The van der Waals surface area contributed by atoms with Crippen LogP contribution in [0.15, 0.2) is 40.1 Å². The number of piperazine rings is 1. The number of rotatable bonds is 7. The predicted octanol–water partition coefficient (Wildman–Crippen LogP) is 3.45. The van der Waals surface area contributed by atoms with E-state index in [-0.39, 0.29) is 36.8 Å². The highest BCUT2D eigenvalue weighted by Gasteiger charge is 2.32. The van der Waals surface area contributed by atoms with E-state index in [0.717, 1.165) is 36.6 Å². The molecule has 1 heterocycles. The number of benzene rings is 2. The number of carbonyl (C=O) groups is 1. The van der Waals surface area contributed by atoms with Gasteiger partial charge in [0.15, 0.2) is 37.9 Å². The van der Waals surface area contributed by atoms with Gasteiger partial charge in [0.25, 0.3) is 5.91 Å².